The van der Waals surface area contributed by atoms with E-state index in [9.17, 15) is 4.79 Å². The number of morpholine rings is 1. The van der Waals surface area contributed by atoms with Crippen LogP contribution >= 0.6 is 0 Å². The van der Waals surface area contributed by atoms with E-state index in [0.29, 0.717) is 48.5 Å². The smallest absolute Gasteiger partial charge is 0.352 e. The first-order valence-corrected chi connectivity index (χ1v) is 10.4. The Morgan fingerprint density at radius 2 is 1.91 bits per heavy atom. The van der Waals surface area contributed by atoms with Crippen LogP contribution in [0.1, 0.15) is 24.7 Å². The molecule has 0 aliphatic carbocycles. The summed E-state index contributed by atoms with van der Waals surface area (Å²) in [5.41, 5.74) is 1.79. The predicted octanol–water partition coefficient (Wildman–Crippen LogP) is 2.48. The Morgan fingerprint density at radius 3 is 2.64 bits per heavy atom. The Bertz CT molecular complexity index is 1300. The number of rotatable bonds is 6. The van der Waals surface area contributed by atoms with Gasteiger partial charge in [0.15, 0.2) is 5.65 Å². The Kier molecular flexibility index (Phi) is 6.66. The Labute approximate surface area is 190 Å². The fourth-order valence-corrected chi connectivity index (χ4v) is 3.97. The number of aromatic nitrogens is 5. The number of ether oxygens (including phenoxy) is 2. The second kappa shape index (κ2) is 9.63. The van der Waals surface area contributed by atoms with E-state index in [1.165, 1.54) is 21.6 Å². The maximum Gasteiger partial charge on any atom is 0.352 e. The molecule has 3 aromatic heterocycles. The second-order valence-electron chi connectivity index (χ2n) is 7.73. The Morgan fingerprint density at radius 1 is 1.15 bits per heavy atom. The maximum absolute atomic E-state index is 15.1. The molecule has 33 heavy (non-hydrogen) atoms. The van der Waals surface area contributed by atoms with Gasteiger partial charge in [0.1, 0.15) is 23.9 Å². The van der Waals surface area contributed by atoms with Gasteiger partial charge in [0, 0.05) is 31.4 Å². The first-order chi connectivity index (χ1) is 15.6. The lowest BCUT2D eigenvalue weighted by molar-refractivity contribution is 0.0269. The molecule has 1 aromatic carbocycles. The minimum absolute atomic E-state index is 0. The molecular weight excluding hydrogens is 427 g/mol. The quantitative estimate of drug-likeness (QED) is 0.442. The summed E-state index contributed by atoms with van der Waals surface area (Å²) in [6, 6.07) is 9.16. The molecule has 10 heteroatoms. The van der Waals surface area contributed by atoms with Crippen LogP contribution < -0.4 is 10.4 Å². The highest BCUT2D eigenvalue weighted by atomic mass is 19.1. The standard InChI is InChI=1S/C22H23FN6O3.CH4/c1-31-17-4-2-15(3-5-17)12-28-20-18(21-25-14-26-29(21)22(28)30)10-16(11-24-20)19(23)13-27-6-8-32-9-7-27;/h2-5,10-11,14,19H,6-9,12-13H2,1H3;1H4. The van der Waals surface area contributed by atoms with Gasteiger partial charge in [0.05, 0.1) is 32.3 Å². The largest absolute Gasteiger partial charge is 0.497 e. The predicted molar refractivity (Wildman–Crippen MR) is 122 cm³/mol. The van der Waals surface area contributed by atoms with E-state index in [1.54, 1.807) is 13.2 Å². The SMILES string of the molecule is C.COc1ccc(Cn2c(=O)n3ncnc3c3cc(C(F)CN4CCOCC4)cnc32)cc1. The average Bonchev–Trinajstić information content (AvgIpc) is 3.33. The number of benzene rings is 1. The van der Waals surface area contributed by atoms with Crippen molar-refractivity contribution in [3.8, 4) is 5.75 Å². The summed E-state index contributed by atoms with van der Waals surface area (Å²) < 4.78 is 28.4. The normalized spacial score (nSPS) is 15.5. The summed E-state index contributed by atoms with van der Waals surface area (Å²) >= 11 is 0. The van der Waals surface area contributed by atoms with Crippen LogP contribution in [-0.2, 0) is 11.3 Å². The molecule has 5 rings (SSSR count). The topological polar surface area (TPSA) is 86.8 Å². The van der Waals surface area contributed by atoms with E-state index in [-0.39, 0.29) is 26.2 Å². The molecule has 1 unspecified atom stereocenters. The van der Waals surface area contributed by atoms with Crippen LogP contribution in [0.5, 0.6) is 5.75 Å². The molecule has 4 heterocycles. The van der Waals surface area contributed by atoms with Crippen LogP contribution in [0.15, 0.2) is 47.7 Å². The number of hydrogen-bond donors (Lipinski definition) is 0. The van der Waals surface area contributed by atoms with E-state index in [1.807, 2.05) is 29.2 Å². The monoisotopic (exact) mass is 454 g/mol. The van der Waals surface area contributed by atoms with Crippen molar-refractivity contribution in [1.82, 2.24) is 29.0 Å². The third-order valence-corrected chi connectivity index (χ3v) is 5.73. The van der Waals surface area contributed by atoms with E-state index in [4.69, 9.17) is 9.47 Å². The first kappa shape index (κ1) is 22.8. The molecule has 1 saturated heterocycles. The van der Waals surface area contributed by atoms with Gasteiger partial charge in [0.2, 0.25) is 0 Å². The molecule has 0 saturated carbocycles. The maximum atomic E-state index is 15.1. The van der Waals surface area contributed by atoms with Crippen molar-refractivity contribution in [2.75, 3.05) is 40.0 Å². The zero-order valence-electron chi connectivity index (χ0n) is 17.6. The van der Waals surface area contributed by atoms with E-state index < -0.39 is 6.17 Å². The molecule has 1 aliphatic rings. The fraction of sp³-hybridized carbons (Fsp3) is 0.391. The zero-order chi connectivity index (χ0) is 22.1. The number of methoxy groups -OCH3 is 1. The van der Waals surface area contributed by atoms with E-state index >= 15 is 4.39 Å². The number of hydrogen-bond acceptors (Lipinski definition) is 7. The van der Waals surface area contributed by atoms with Gasteiger partial charge >= 0.3 is 5.69 Å². The minimum atomic E-state index is -1.21. The highest BCUT2D eigenvalue weighted by Crippen LogP contribution is 2.24. The fourth-order valence-electron chi connectivity index (χ4n) is 3.97. The molecule has 0 N–H and O–H groups in total. The zero-order valence-corrected chi connectivity index (χ0v) is 17.6. The van der Waals surface area contributed by atoms with Gasteiger partial charge in [-0.3, -0.25) is 9.47 Å². The molecule has 0 spiro atoms. The lowest BCUT2D eigenvalue weighted by Crippen LogP contribution is -2.38. The summed E-state index contributed by atoms with van der Waals surface area (Å²) in [6.07, 6.45) is 1.61. The molecule has 0 bridgehead atoms. The molecule has 1 fully saturated rings. The van der Waals surface area contributed by atoms with Crippen molar-refractivity contribution in [2.45, 2.75) is 20.1 Å². The van der Waals surface area contributed by atoms with E-state index in [0.717, 1.165) is 11.3 Å². The summed E-state index contributed by atoms with van der Waals surface area (Å²) in [5.74, 6) is 0.731. The van der Waals surface area contributed by atoms with Crippen LogP contribution in [0.25, 0.3) is 16.7 Å². The van der Waals surface area contributed by atoms with Crippen LogP contribution in [0.3, 0.4) is 0 Å². The number of nitrogens with zero attached hydrogens (tertiary/aromatic N) is 6. The summed E-state index contributed by atoms with van der Waals surface area (Å²) in [6.45, 7) is 3.19. The summed E-state index contributed by atoms with van der Waals surface area (Å²) in [5, 5.41) is 4.66. The molecular formula is C23H27FN6O3. The summed E-state index contributed by atoms with van der Waals surface area (Å²) in [4.78, 5) is 23.8. The third kappa shape index (κ3) is 4.44. The van der Waals surface area contributed by atoms with Crippen molar-refractivity contribution in [3.63, 3.8) is 0 Å². The molecule has 9 nitrogen and oxygen atoms in total. The molecule has 1 aliphatic heterocycles. The molecule has 0 radical (unpaired) electrons. The molecule has 0 amide bonds. The average molecular weight is 455 g/mol. The highest BCUT2D eigenvalue weighted by molar-refractivity contribution is 5.89. The van der Waals surface area contributed by atoms with Crippen molar-refractivity contribution in [1.29, 1.82) is 0 Å². The van der Waals surface area contributed by atoms with Gasteiger partial charge in [0.25, 0.3) is 0 Å². The van der Waals surface area contributed by atoms with Gasteiger partial charge in [-0.1, -0.05) is 19.6 Å². The summed E-state index contributed by atoms with van der Waals surface area (Å²) in [7, 11) is 1.60. The van der Waals surface area contributed by atoms with Crippen LogP contribution in [0.4, 0.5) is 4.39 Å². The highest BCUT2D eigenvalue weighted by Gasteiger charge is 2.21. The number of pyridine rings is 1. The molecule has 4 aromatic rings. The van der Waals surface area contributed by atoms with Gasteiger partial charge in [-0.15, -0.1) is 0 Å². The van der Waals surface area contributed by atoms with Gasteiger partial charge in [-0.2, -0.15) is 9.61 Å². The van der Waals surface area contributed by atoms with Crippen molar-refractivity contribution in [2.24, 2.45) is 0 Å². The van der Waals surface area contributed by atoms with Crippen LogP contribution in [0, 0.1) is 0 Å². The van der Waals surface area contributed by atoms with E-state index in [2.05, 4.69) is 15.1 Å². The number of fused-ring (bicyclic) bond motifs is 3. The minimum Gasteiger partial charge on any atom is -0.497 e. The number of alkyl halides is 1. The van der Waals surface area contributed by atoms with Gasteiger partial charge in [-0.05, 0) is 23.8 Å². The van der Waals surface area contributed by atoms with Gasteiger partial charge < -0.3 is 9.47 Å². The van der Waals surface area contributed by atoms with Crippen LogP contribution in [-0.4, -0.2) is 69.0 Å². The van der Waals surface area contributed by atoms with Crippen LogP contribution in [0.2, 0.25) is 0 Å². The first-order valence-electron chi connectivity index (χ1n) is 10.4. The lowest BCUT2D eigenvalue weighted by Gasteiger charge is -2.27. The molecule has 1 atom stereocenters. The van der Waals surface area contributed by atoms with Crippen molar-refractivity contribution >= 4 is 16.7 Å². The van der Waals surface area contributed by atoms with Crippen molar-refractivity contribution in [3.05, 3.63) is 64.5 Å². The molecule has 174 valence electrons. The Hall–Kier alpha value is -3.37. The lowest BCUT2D eigenvalue weighted by atomic mass is 10.1. The van der Waals surface area contributed by atoms with Crippen molar-refractivity contribution < 1.29 is 13.9 Å². The number of halogens is 1. The third-order valence-electron chi connectivity index (χ3n) is 5.73. The Balaban J connectivity index is 0.00000259. The second-order valence-corrected chi connectivity index (χ2v) is 7.73. The van der Waals surface area contributed by atoms with Gasteiger partial charge in [-0.25, -0.2) is 19.2 Å².